The van der Waals surface area contributed by atoms with Crippen LogP contribution in [0.1, 0.15) is 19.4 Å². The van der Waals surface area contributed by atoms with Gasteiger partial charge in [-0.3, -0.25) is 14.5 Å². The van der Waals surface area contributed by atoms with Crippen LogP contribution >= 0.6 is 0 Å². The molecule has 146 valence electrons. The third-order valence-electron chi connectivity index (χ3n) is 5.01. The highest BCUT2D eigenvalue weighted by Crippen LogP contribution is 2.33. The number of amides is 2. The minimum Gasteiger partial charge on any atom is -0.454 e. The van der Waals surface area contributed by atoms with E-state index in [0.29, 0.717) is 19.6 Å². The molecule has 7 heteroatoms. The minimum absolute atomic E-state index is 0.133. The third kappa shape index (κ3) is 4.24. The molecule has 0 saturated carbocycles. The number of hydrogen-bond donors (Lipinski definition) is 1. The van der Waals surface area contributed by atoms with Crippen LogP contribution in [0.4, 0.5) is 0 Å². The second kappa shape index (κ2) is 8.00. The SMILES string of the molecule is C=CCNC(=O)C(C)(C)C(=O)N1CCN(Cc2ccc3c(c2)OCO3)CC1. The lowest BCUT2D eigenvalue weighted by Crippen LogP contribution is -2.55. The van der Waals surface area contributed by atoms with Gasteiger partial charge in [-0.25, -0.2) is 0 Å². The van der Waals surface area contributed by atoms with E-state index in [2.05, 4.69) is 16.8 Å². The maximum Gasteiger partial charge on any atom is 0.237 e. The Hall–Kier alpha value is -2.54. The number of piperazine rings is 1. The molecule has 0 aliphatic carbocycles. The monoisotopic (exact) mass is 373 g/mol. The molecule has 2 aliphatic rings. The van der Waals surface area contributed by atoms with Gasteiger partial charge in [0.1, 0.15) is 5.41 Å². The van der Waals surface area contributed by atoms with Crippen molar-refractivity contribution >= 4 is 11.8 Å². The molecule has 7 nitrogen and oxygen atoms in total. The van der Waals surface area contributed by atoms with Crippen LogP contribution in [0.3, 0.4) is 0 Å². The van der Waals surface area contributed by atoms with Crippen molar-refractivity contribution in [1.29, 1.82) is 0 Å². The summed E-state index contributed by atoms with van der Waals surface area (Å²) in [6.07, 6.45) is 1.60. The van der Waals surface area contributed by atoms with Gasteiger partial charge in [0.2, 0.25) is 18.6 Å². The fourth-order valence-electron chi connectivity index (χ4n) is 3.28. The number of ether oxygens (including phenoxy) is 2. The average molecular weight is 373 g/mol. The first-order valence-electron chi connectivity index (χ1n) is 9.21. The van der Waals surface area contributed by atoms with Gasteiger partial charge in [0.15, 0.2) is 11.5 Å². The Morgan fingerprint density at radius 1 is 1.19 bits per heavy atom. The van der Waals surface area contributed by atoms with E-state index in [9.17, 15) is 9.59 Å². The van der Waals surface area contributed by atoms with Crippen LogP contribution in [0.25, 0.3) is 0 Å². The lowest BCUT2D eigenvalue weighted by atomic mass is 9.90. The predicted molar refractivity (Wildman–Crippen MR) is 101 cm³/mol. The van der Waals surface area contributed by atoms with Crippen molar-refractivity contribution < 1.29 is 19.1 Å². The topological polar surface area (TPSA) is 71.1 Å². The summed E-state index contributed by atoms with van der Waals surface area (Å²) in [5.41, 5.74) is 0.0749. The maximum absolute atomic E-state index is 12.8. The number of carbonyl (C=O) groups excluding carboxylic acids is 2. The predicted octanol–water partition coefficient (Wildman–Crippen LogP) is 1.39. The van der Waals surface area contributed by atoms with Crippen LogP contribution < -0.4 is 14.8 Å². The van der Waals surface area contributed by atoms with E-state index in [-0.39, 0.29) is 18.6 Å². The Bertz CT molecular complexity index is 724. The van der Waals surface area contributed by atoms with Gasteiger partial charge < -0.3 is 19.7 Å². The molecule has 0 unspecified atom stereocenters. The standard InChI is InChI=1S/C20H27N3O4/c1-4-7-21-18(24)20(2,3)19(25)23-10-8-22(9-11-23)13-15-5-6-16-17(12-15)27-14-26-16/h4-6,12H,1,7-11,13-14H2,2-3H3,(H,21,24). The van der Waals surface area contributed by atoms with Crippen LogP contribution in [0.15, 0.2) is 30.9 Å². The molecule has 2 amide bonds. The molecule has 2 heterocycles. The van der Waals surface area contributed by atoms with Crippen LogP contribution in [-0.4, -0.2) is 61.1 Å². The zero-order chi connectivity index (χ0) is 19.4. The largest absolute Gasteiger partial charge is 0.454 e. The molecule has 0 spiro atoms. The van der Waals surface area contributed by atoms with Gasteiger partial charge >= 0.3 is 0 Å². The number of rotatable bonds is 6. The molecule has 1 fully saturated rings. The Kier molecular flexibility index (Phi) is 5.70. The van der Waals surface area contributed by atoms with Crippen LogP contribution in [0.2, 0.25) is 0 Å². The van der Waals surface area contributed by atoms with Gasteiger partial charge in [-0.05, 0) is 31.5 Å². The summed E-state index contributed by atoms with van der Waals surface area (Å²) in [4.78, 5) is 29.2. The molecule has 0 bridgehead atoms. The molecule has 1 N–H and O–H groups in total. The summed E-state index contributed by atoms with van der Waals surface area (Å²) < 4.78 is 10.8. The molecule has 1 saturated heterocycles. The van der Waals surface area contributed by atoms with Gasteiger partial charge in [0, 0.05) is 39.3 Å². The van der Waals surface area contributed by atoms with Crippen molar-refractivity contribution in [2.24, 2.45) is 5.41 Å². The normalized spacial score (nSPS) is 16.9. The van der Waals surface area contributed by atoms with Crippen molar-refractivity contribution in [2.45, 2.75) is 20.4 Å². The highest BCUT2D eigenvalue weighted by atomic mass is 16.7. The van der Waals surface area contributed by atoms with Crippen molar-refractivity contribution in [3.05, 3.63) is 36.4 Å². The Morgan fingerprint density at radius 2 is 1.89 bits per heavy atom. The number of hydrogen-bond acceptors (Lipinski definition) is 5. The number of benzene rings is 1. The smallest absolute Gasteiger partial charge is 0.237 e. The van der Waals surface area contributed by atoms with E-state index in [4.69, 9.17) is 9.47 Å². The lowest BCUT2D eigenvalue weighted by Gasteiger charge is -2.38. The van der Waals surface area contributed by atoms with Gasteiger partial charge in [-0.2, -0.15) is 0 Å². The highest BCUT2D eigenvalue weighted by molar-refractivity contribution is 6.04. The summed E-state index contributed by atoms with van der Waals surface area (Å²) in [5.74, 6) is 1.17. The van der Waals surface area contributed by atoms with Crippen molar-refractivity contribution in [3.63, 3.8) is 0 Å². The second-order valence-electron chi connectivity index (χ2n) is 7.38. The number of carbonyl (C=O) groups is 2. The molecule has 0 aromatic heterocycles. The van der Waals surface area contributed by atoms with Crippen molar-refractivity contribution in [1.82, 2.24) is 15.1 Å². The fourth-order valence-corrected chi connectivity index (χ4v) is 3.28. The quantitative estimate of drug-likeness (QED) is 0.603. The second-order valence-corrected chi connectivity index (χ2v) is 7.38. The minimum atomic E-state index is -1.08. The molecule has 0 atom stereocenters. The third-order valence-corrected chi connectivity index (χ3v) is 5.01. The first-order valence-corrected chi connectivity index (χ1v) is 9.21. The van der Waals surface area contributed by atoms with Gasteiger partial charge in [-0.15, -0.1) is 6.58 Å². The molecular formula is C20H27N3O4. The van der Waals surface area contributed by atoms with Crippen LogP contribution in [0.5, 0.6) is 11.5 Å². The number of nitrogens with one attached hydrogen (secondary N) is 1. The average Bonchev–Trinajstić information content (AvgIpc) is 3.13. The Morgan fingerprint density at radius 3 is 2.59 bits per heavy atom. The number of nitrogens with zero attached hydrogens (tertiary/aromatic N) is 2. The van der Waals surface area contributed by atoms with E-state index < -0.39 is 5.41 Å². The molecule has 27 heavy (non-hydrogen) atoms. The van der Waals surface area contributed by atoms with Crippen LogP contribution in [-0.2, 0) is 16.1 Å². The van der Waals surface area contributed by atoms with E-state index in [0.717, 1.165) is 36.7 Å². The van der Waals surface area contributed by atoms with E-state index in [1.54, 1.807) is 24.8 Å². The van der Waals surface area contributed by atoms with E-state index >= 15 is 0 Å². The van der Waals surface area contributed by atoms with Crippen LogP contribution in [0, 0.1) is 5.41 Å². The molecule has 3 rings (SSSR count). The molecule has 0 radical (unpaired) electrons. The summed E-state index contributed by atoms with van der Waals surface area (Å²) in [6, 6.07) is 5.98. The maximum atomic E-state index is 12.8. The fraction of sp³-hybridized carbons (Fsp3) is 0.500. The zero-order valence-corrected chi connectivity index (χ0v) is 16.0. The molecule has 2 aliphatic heterocycles. The molecule has 1 aromatic rings. The van der Waals surface area contributed by atoms with Gasteiger partial charge in [-0.1, -0.05) is 12.1 Å². The van der Waals surface area contributed by atoms with Crippen molar-refractivity contribution in [3.8, 4) is 11.5 Å². The summed E-state index contributed by atoms with van der Waals surface area (Å²) >= 11 is 0. The van der Waals surface area contributed by atoms with Crippen molar-refractivity contribution in [2.75, 3.05) is 39.5 Å². The molecular weight excluding hydrogens is 346 g/mol. The summed E-state index contributed by atoms with van der Waals surface area (Å²) in [6.45, 7) is 11.1. The molecule has 1 aromatic carbocycles. The summed E-state index contributed by atoms with van der Waals surface area (Å²) in [7, 11) is 0. The van der Waals surface area contributed by atoms with Gasteiger partial charge in [0.25, 0.3) is 0 Å². The lowest BCUT2D eigenvalue weighted by molar-refractivity contribution is -0.149. The number of fused-ring (bicyclic) bond motifs is 1. The Balaban J connectivity index is 1.53. The van der Waals surface area contributed by atoms with E-state index in [1.165, 1.54) is 0 Å². The summed E-state index contributed by atoms with van der Waals surface area (Å²) in [5, 5.41) is 2.72. The first-order chi connectivity index (χ1) is 12.9. The van der Waals surface area contributed by atoms with Gasteiger partial charge in [0.05, 0.1) is 0 Å². The Labute approximate surface area is 159 Å². The van der Waals surface area contributed by atoms with E-state index in [1.807, 2.05) is 18.2 Å². The first kappa shape index (κ1) is 19.2. The zero-order valence-electron chi connectivity index (χ0n) is 16.0. The highest BCUT2D eigenvalue weighted by Gasteiger charge is 2.39.